The van der Waals surface area contributed by atoms with E-state index in [1.807, 2.05) is 77.7 Å². The van der Waals surface area contributed by atoms with E-state index in [1.54, 1.807) is 44.4 Å². The van der Waals surface area contributed by atoms with Crippen LogP contribution in [0.5, 0.6) is 0 Å². The highest BCUT2D eigenvalue weighted by atomic mass is 16.7. The van der Waals surface area contributed by atoms with Gasteiger partial charge in [0, 0.05) is 47.3 Å². The normalized spacial score (nSPS) is 11.7. The lowest BCUT2D eigenvalue weighted by Crippen LogP contribution is -2.11. The maximum Gasteiger partial charge on any atom is 0.331 e. The van der Waals surface area contributed by atoms with Gasteiger partial charge in [0.25, 0.3) is 0 Å². The maximum atomic E-state index is 13.1. The molecule has 220 valence electrons. The zero-order valence-corrected chi connectivity index (χ0v) is 24.6. The Balaban J connectivity index is 1.59. The number of carbonyl (C=O) groups excluding carboxylic acids is 3. The number of rotatable bonds is 9. The van der Waals surface area contributed by atoms with Crippen molar-refractivity contribution < 1.29 is 28.5 Å². The van der Waals surface area contributed by atoms with Crippen LogP contribution < -0.4 is 4.90 Å². The fourth-order valence-electron chi connectivity index (χ4n) is 4.67. The molecule has 0 saturated carbocycles. The number of furan rings is 1. The molecule has 0 atom stereocenters. The second-order valence-electron chi connectivity index (χ2n) is 9.95. The Bertz CT molecular complexity index is 1890. The van der Waals surface area contributed by atoms with Crippen LogP contribution in [0.4, 0.5) is 17.1 Å². The Morgan fingerprint density at radius 1 is 0.614 bits per heavy atom. The van der Waals surface area contributed by atoms with Crippen LogP contribution in [-0.4, -0.2) is 29.1 Å². The van der Waals surface area contributed by atoms with Gasteiger partial charge in [-0.25, -0.2) is 9.59 Å². The van der Waals surface area contributed by atoms with E-state index in [1.165, 1.54) is 13.8 Å². The second-order valence-corrected chi connectivity index (χ2v) is 9.95. The highest BCUT2D eigenvalue weighted by Crippen LogP contribution is 2.41. The zero-order valence-electron chi connectivity index (χ0n) is 24.6. The van der Waals surface area contributed by atoms with Crippen molar-refractivity contribution in [2.45, 2.75) is 27.7 Å². The summed E-state index contributed by atoms with van der Waals surface area (Å²) in [6.07, 6.45) is 1.65. The van der Waals surface area contributed by atoms with E-state index >= 15 is 0 Å². The van der Waals surface area contributed by atoms with Gasteiger partial charge >= 0.3 is 11.9 Å². The molecule has 0 aliphatic carbocycles. The number of carbonyl (C=O) groups is 3. The van der Waals surface area contributed by atoms with Crippen LogP contribution in [0.15, 0.2) is 118 Å². The maximum absolute atomic E-state index is 13.1. The van der Waals surface area contributed by atoms with Crippen LogP contribution in [0.1, 0.15) is 54.7 Å². The van der Waals surface area contributed by atoms with E-state index < -0.39 is 11.9 Å². The van der Waals surface area contributed by atoms with Gasteiger partial charge in [-0.2, -0.15) is 0 Å². The van der Waals surface area contributed by atoms with Gasteiger partial charge in [-0.05, 0) is 67.9 Å². The molecule has 0 saturated heterocycles. The monoisotopic (exact) mass is 587 g/mol. The first-order valence-electron chi connectivity index (χ1n) is 13.8. The molecule has 9 nitrogen and oxygen atoms in total. The number of hydrogen-bond donors (Lipinski definition) is 0. The number of oxime groups is 2. The van der Waals surface area contributed by atoms with Gasteiger partial charge in [0.05, 0.1) is 17.1 Å². The van der Waals surface area contributed by atoms with Crippen molar-refractivity contribution in [3.05, 3.63) is 126 Å². The third kappa shape index (κ3) is 6.47. The Hall–Kier alpha value is -5.83. The predicted molar refractivity (Wildman–Crippen MR) is 169 cm³/mol. The molecule has 44 heavy (non-hydrogen) atoms. The molecule has 5 aromatic rings. The Labute approximate surface area is 254 Å². The van der Waals surface area contributed by atoms with Crippen LogP contribution in [-0.2, 0) is 19.3 Å². The molecule has 0 bridgehead atoms. The number of para-hydroxylation sites is 1. The largest absolute Gasteiger partial charge is 0.461 e. The summed E-state index contributed by atoms with van der Waals surface area (Å²) >= 11 is 0. The van der Waals surface area contributed by atoms with Crippen LogP contribution >= 0.6 is 0 Å². The zero-order chi connectivity index (χ0) is 31.2. The Morgan fingerprint density at radius 2 is 1.16 bits per heavy atom. The van der Waals surface area contributed by atoms with Crippen molar-refractivity contribution >= 4 is 57.2 Å². The summed E-state index contributed by atoms with van der Waals surface area (Å²) in [6, 6.07) is 29.7. The van der Waals surface area contributed by atoms with Crippen molar-refractivity contribution in [1.29, 1.82) is 0 Å². The van der Waals surface area contributed by atoms with Crippen LogP contribution in [0.3, 0.4) is 0 Å². The summed E-state index contributed by atoms with van der Waals surface area (Å²) in [4.78, 5) is 47.3. The second kappa shape index (κ2) is 13.0. The molecule has 4 aromatic carbocycles. The summed E-state index contributed by atoms with van der Waals surface area (Å²) < 4.78 is 6.08. The number of fused-ring (bicyclic) bond motifs is 1. The van der Waals surface area contributed by atoms with E-state index in [-0.39, 0.29) is 5.78 Å². The molecule has 0 spiro atoms. The van der Waals surface area contributed by atoms with Crippen molar-refractivity contribution in [2.75, 3.05) is 4.90 Å². The number of hydrogen-bond acceptors (Lipinski definition) is 9. The standard InChI is InChI=1S/C35H29N3O6/c1-22(36-43-24(3)39)26-13-17-29(18-14-26)38(30-19-15-28(16-20-30)34(41)27-9-6-5-7-10-27)33-21-42-35-31(11-8-12-32(33)35)23(2)37-44-25(4)40/h5-21H,1-4H3/b36-22-,37-23-. The van der Waals surface area contributed by atoms with Crippen molar-refractivity contribution in [1.82, 2.24) is 0 Å². The molecule has 0 radical (unpaired) electrons. The van der Waals surface area contributed by atoms with Gasteiger partial charge < -0.3 is 19.0 Å². The number of benzene rings is 4. The molecule has 0 fully saturated rings. The van der Waals surface area contributed by atoms with Gasteiger partial charge in [-0.3, -0.25) is 4.79 Å². The SMILES string of the molecule is CC(=O)O/N=C(/C)c1ccc(N(c2ccc(C(=O)c3ccccc3)cc2)c2coc3c(/C(C)=N\OC(C)=O)cccc23)cc1. The molecular weight excluding hydrogens is 558 g/mol. The first-order valence-corrected chi connectivity index (χ1v) is 13.8. The summed E-state index contributed by atoms with van der Waals surface area (Å²) in [5.74, 6) is -1.09. The summed E-state index contributed by atoms with van der Waals surface area (Å²) in [7, 11) is 0. The van der Waals surface area contributed by atoms with Gasteiger partial charge in [0.1, 0.15) is 11.8 Å². The fourth-order valence-corrected chi connectivity index (χ4v) is 4.67. The molecule has 0 aliphatic heterocycles. The predicted octanol–water partition coefficient (Wildman–Crippen LogP) is 7.71. The number of nitrogens with zero attached hydrogens (tertiary/aromatic N) is 3. The van der Waals surface area contributed by atoms with Crippen molar-refractivity contribution in [2.24, 2.45) is 10.3 Å². The first-order chi connectivity index (χ1) is 21.2. The van der Waals surface area contributed by atoms with Gasteiger partial charge in [0.15, 0.2) is 5.78 Å². The van der Waals surface area contributed by atoms with E-state index in [4.69, 9.17) is 14.1 Å². The van der Waals surface area contributed by atoms with Gasteiger partial charge in [-0.1, -0.05) is 58.8 Å². The van der Waals surface area contributed by atoms with E-state index in [9.17, 15) is 14.4 Å². The third-order valence-corrected chi connectivity index (χ3v) is 6.80. The third-order valence-electron chi connectivity index (χ3n) is 6.80. The van der Waals surface area contributed by atoms with Crippen molar-refractivity contribution in [3.8, 4) is 0 Å². The lowest BCUT2D eigenvalue weighted by Gasteiger charge is -2.24. The fraction of sp³-hybridized carbons (Fsp3) is 0.114. The van der Waals surface area contributed by atoms with E-state index in [0.717, 1.165) is 28.0 Å². The van der Waals surface area contributed by atoms with E-state index in [0.29, 0.717) is 33.7 Å². The summed E-state index contributed by atoms with van der Waals surface area (Å²) in [5.41, 5.74) is 6.53. The smallest absolute Gasteiger partial charge is 0.331 e. The van der Waals surface area contributed by atoms with Gasteiger partial charge in [0.2, 0.25) is 0 Å². The lowest BCUT2D eigenvalue weighted by molar-refractivity contribution is -0.141. The summed E-state index contributed by atoms with van der Waals surface area (Å²) in [5, 5.41) is 8.61. The molecule has 9 heteroatoms. The van der Waals surface area contributed by atoms with Crippen LogP contribution in [0, 0.1) is 0 Å². The quantitative estimate of drug-likeness (QED) is 0.0752. The van der Waals surface area contributed by atoms with Crippen molar-refractivity contribution in [3.63, 3.8) is 0 Å². The molecule has 0 N–H and O–H groups in total. The Morgan fingerprint density at radius 3 is 1.75 bits per heavy atom. The van der Waals surface area contributed by atoms with Crippen LogP contribution in [0.2, 0.25) is 0 Å². The topological polar surface area (TPSA) is 111 Å². The highest BCUT2D eigenvalue weighted by molar-refractivity contribution is 6.11. The Kier molecular flexibility index (Phi) is 8.76. The number of anilines is 3. The number of ketones is 1. The first kappa shape index (κ1) is 29.7. The molecule has 1 heterocycles. The molecule has 0 aliphatic rings. The minimum absolute atomic E-state index is 0.0726. The van der Waals surface area contributed by atoms with E-state index in [2.05, 4.69) is 10.3 Å². The van der Waals surface area contributed by atoms with Crippen LogP contribution in [0.25, 0.3) is 11.0 Å². The molecule has 0 unspecified atom stereocenters. The average Bonchev–Trinajstić information content (AvgIpc) is 3.47. The molecular formula is C35H29N3O6. The minimum atomic E-state index is -0.520. The molecule has 5 rings (SSSR count). The van der Waals surface area contributed by atoms with Gasteiger partial charge in [-0.15, -0.1) is 0 Å². The summed E-state index contributed by atoms with van der Waals surface area (Å²) in [6.45, 7) is 6.07. The minimum Gasteiger partial charge on any atom is -0.461 e. The average molecular weight is 588 g/mol. The molecule has 0 amide bonds. The highest BCUT2D eigenvalue weighted by Gasteiger charge is 2.21. The molecule has 1 aromatic heterocycles. The lowest BCUT2D eigenvalue weighted by atomic mass is 10.0.